The SMILES string of the molecule is NC(=O)CC(N)C(=O)NCC(=O)NC(Cc1ccc(O)cc1)C(=O)NC(CC(=O)O)C(=O)O. The summed E-state index contributed by atoms with van der Waals surface area (Å²) < 4.78 is 0. The summed E-state index contributed by atoms with van der Waals surface area (Å²) in [6, 6.07) is 1.19. The Labute approximate surface area is 187 Å². The van der Waals surface area contributed by atoms with E-state index in [2.05, 4.69) is 10.6 Å². The number of nitrogens with one attached hydrogen (secondary N) is 3. The third-order valence-electron chi connectivity index (χ3n) is 4.20. The predicted octanol–water partition coefficient (Wildman–Crippen LogP) is -3.22. The molecule has 0 saturated carbocycles. The maximum atomic E-state index is 12.6. The molecule has 14 heteroatoms. The van der Waals surface area contributed by atoms with Crippen molar-refractivity contribution in [1.82, 2.24) is 16.0 Å². The molecule has 0 saturated heterocycles. The van der Waals surface area contributed by atoms with E-state index in [4.69, 9.17) is 21.7 Å². The van der Waals surface area contributed by atoms with Crippen LogP contribution in [0.15, 0.2) is 24.3 Å². The Morgan fingerprint density at radius 3 is 2.00 bits per heavy atom. The van der Waals surface area contributed by atoms with Gasteiger partial charge in [0.15, 0.2) is 0 Å². The van der Waals surface area contributed by atoms with Gasteiger partial charge in [-0.1, -0.05) is 12.1 Å². The van der Waals surface area contributed by atoms with Crippen molar-refractivity contribution in [2.24, 2.45) is 11.5 Å². The summed E-state index contributed by atoms with van der Waals surface area (Å²) in [5, 5.41) is 33.9. The van der Waals surface area contributed by atoms with Crippen molar-refractivity contribution in [2.45, 2.75) is 37.4 Å². The van der Waals surface area contributed by atoms with E-state index in [1.54, 1.807) is 0 Å². The molecular weight excluding hydrogens is 442 g/mol. The smallest absolute Gasteiger partial charge is 0.326 e. The average Bonchev–Trinajstić information content (AvgIpc) is 2.71. The number of nitrogens with two attached hydrogens (primary N) is 2. The van der Waals surface area contributed by atoms with Gasteiger partial charge in [-0.3, -0.25) is 24.0 Å². The minimum absolute atomic E-state index is 0.0498. The molecule has 0 spiro atoms. The van der Waals surface area contributed by atoms with Gasteiger partial charge in [-0.05, 0) is 17.7 Å². The van der Waals surface area contributed by atoms with Crippen molar-refractivity contribution in [3.05, 3.63) is 29.8 Å². The molecule has 0 aliphatic heterocycles. The summed E-state index contributed by atoms with van der Waals surface area (Å²) in [7, 11) is 0. The van der Waals surface area contributed by atoms with Crippen LogP contribution in [0, 0.1) is 0 Å². The van der Waals surface area contributed by atoms with Crippen LogP contribution in [-0.2, 0) is 35.2 Å². The van der Waals surface area contributed by atoms with E-state index in [0.717, 1.165) is 0 Å². The quantitative estimate of drug-likeness (QED) is 0.144. The molecule has 0 radical (unpaired) electrons. The average molecular weight is 467 g/mol. The second-order valence-electron chi connectivity index (χ2n) is 6.98. The number of phenols is 1. The molecule has 4 amide bonds. The highest BCUT2D eigenvalue weighted by molar-refractivity contribution is 5.94. The topological polar surface area (TPSA) is 251 Å². The van der Waals surface area contributed by atoms with Crippen LogP contribution in [0.5, 0.6) is 5.75 Å². The lowest BCUT2D eigenvalue weighted by Gasteiger charge is -2.21. The van der Waals surface area contributed by atoms with Crippen LogP contribution < -0.4 is 27.4 Å². The van der Waals surface area contributed by atoms with Crippen LogP contribution in [0.25, 0.3) is 0 Å². The molecule has 180 valence electrons. The molecule has 1 aromatic carbocycles. The molecule has 14 nitrogen and oxygen atoms in total. The van der Waals surface area contributed by atoms with E-state index in [1.807, 2.05) is 5.32 Å². The Morgan fingerprint density at radius 2 is 1.48 bits per heavy atom. The first-order valence-corrected chi connectivity index (χ1v) is 9.52. The van der Waals surface area contributed by atoms with Gasteiger partial charge in [-0.15, -0.1) is 0 Å². The molecule has 1 aromatic rings. The Balaban J connectivity index is 2.89. The highest BCUT2D eigenvalue weighted by atomic mass is 16.4. The lowest BCUT2D eigenvalue weighted by atomic mass is 10.0. The van der Waals surface area contributed by atoms with E-state index >= 15 is 0 Å². The predicted molar refractivity (Wildman–Crippen MR) is 110 cm³/mol. The van der Waals surface area contributed by atoms with Crippen LogP contribution >= 0.6 is 0 Å². The summed E-state index contributed by atoms with van der Waals surface area (Å²) in [6.45, 7) is -0.623. The second kappa shape index (κ2) is 12.6. The van der Waals surface area contributed by atoms with Gasteiger partial charge in [-0.2, -0.15) is 0 Å². The van der Waals surface area contributed by atoms with Crippen LogP contribution in [0.3, 0.4) is 0 Å². The summed E-state index contributed by atoms with van der Waals surface area (Å²) in [5.74, 6) is -6.59. The first-order valence-electron chi connectivity index (χ1n) is 9.52. The Kier molecular flexibility index (Phi) is 10.3. The zero-order valence-corrected chi connectivity index (χ0v) is 17.3. The number of benzene rings is 1. The Bertz CT molecular complexity index is 903. The van der Waals surface area contributed by atoms with Crippen LogP contribution in [-0.4, -0.2) is 75.6 Å². The third kappa shape index (κ3) is 10.1. The van der Waals surface area contributed by atoms with Crippen molar-refractivity contribution < 1.29 is 44.1 Å². The normalized spacial score (nSPS) is 13.1. The first-order chi connectivity index (χ1) is 15.4. The van der Waals surface area contributed by atoms with Gasteiger partial charge in [0.25, 0.3) is 0 Å². The zero-order valence-electron chi connectivity index (χ0n) is 17.3. The Morgan fingerprint density at radius 1 is 0.879 bits per heavy atom. The minimum atomic E-state index is -1.75. The number of hydrogen-bond donors (Lipinski definition) is 8. The monoisotopic (exact) mass is 467 g/mol. The standard InChI is InChI=1S/C19H25N5O9/c20-11(6-14(21)26)17(30)22-8-15(27)23-12(5-9-1-3-10(25)4-2-9)18(31)24-13(19(32)33)7-16(28)29/h1-4,11-13,25H,5-8,20H2,(H2,21,26)(H,22,30)(H,23,27)(H,24,31)(H,28,29)(H,32,33). The molecule has 0 aromatic heterocycles. The summed E-state index contributed by atoms with van der Waals surface area (Å²) in [4.78, 5) is 69.6. The van der Waals surface area contributed by atoms with Gasteiger partial charge in [0.2, 0.25) is 23.6 Å². The molecule has 0 heterocycles. The van der Waals surface area contributed by atoms with Gasteiger partial charge in [0, 0.05) is 6.42 Å². The summed E-state index contributed by atoms with van der Waals surface area (Å²) >= 11 is 0. The minimum Gasteiger partial charge on any atom is -0.508 e. The highest BCUT2D eigenvalue weighted by Crippen LogP contribution is 2.12. The number of aromatic hydroxyl groups is 1. The fourth-order valence-corrected chi connectivity index (χ4v) is 2.58. The summed E-state index contributed by atoms with van der Waals surface area (Å²) in [5.41, 5.74) is 10.9. The second-order valence-corrected chi connectivity index (χ2v) is 6.98. The number of rotatable bonds is 13. The largest absolute Gasteiger partial charge is 0.508 e. The van der Waals surface area contributed by atoms with Gasteiger partial charge >= 0.3 is 11.9 Å². The number of phenolic OH excluding ortho intramolecular Hbond substituents is 1. The van der Waals surface area contributed by atoms with Crippen molar-refractivity contribution in [1.29, 1.82) is 0 Å². The first kappa shape index (κ1) is 26.8. The molecule has 1 rings (SSSR count). The van der Waals surface area contributed by atoms with E-state index in [-0.39, 0.29) is 12.2 Å². The van der Waals surface area contributed by atoms with Gasteiger partial charge in [0.05, 0.1) is 25.4 Å². The van der Waals surface area contributed by atoms with Crippen LogP contribution in [0.1, 0.15) is 18.4 Å². The molecule has 3 atom stereocenters. The molecule has 0 fully saturated rings. The molecule has 0 aliphatic rings. The van der Waals surface area contributed by atoms with Crippen molar-refractivity contribution >= 4 is 35.6 Å². The number of amides is 4. The highest BCUT2D eigenvalue weighted by Gasteiger charge is 2.28. The Hall–Kier alpha value is -4.20. The number of aliphatic carboxylic acids is 2. The van der Waals surface area contributed by atoms with E-state index in [9.17, 15) is 33.9 Å². The molecule has 3 unspecified atom stereocenters. The number of carboxylic acids is 2. The number of carbonyl (C=O) groups excluding carboxylic acids is 4. The number of carboxylic acid groups (broad SMARTS) is 2. The molecule has 10 N–H and O–H groups in total. The third-order valence-corrected chi connectivity index (χ3v) is 4.20. The number of carbonyl (C=O) groups is 6. The van der Waals surface area contributed by atoms with Crippen molar-refractivity contribution in [3.8, 4) is 5.75 Å². The molecule has 0 bridgehead atoms. The van der Waals surface area contributed by atoms with E-state index in [0.29, 0.717) is 5.56 Å². The maximum Gasteiger partial charge on any atom is 0.326 e. The van der Waals surface area contributed by atoms with Crippen molar-refractivity contribution in [3.63, 3.8) is 0 Å². The lowest BCUT2D eigenvalue weighted by Crippen LogP contribution is -2.54. The van der Waals surface area contributed by atoms with Gasteiger partial charge < -0.3 is 42.7 Å². The number of primary amides is 1. The van der Waals surface area contributed by atoms with Gasteiger partial charge in [-0.25, -0.2) is 4.79 Å². The molecule has 0 aliphatic carbocycles. The fraction of sp³-hybridized carbons (Fsp3) is 0.368. The fourth-order valence-electron chi connectivity index (χ4n) is 2.58. The zero-order chi connectivity index (χ0) is 25.1. The molecule has 33 heavy (non-hydrogen) atoms. The summed E-state index contributed by atoms with van der Waals surface area (Å²) in [6.07, 6.45) is -1.49. The number of hydrogen-bond acceptors (Lipinski definition) is 8. The lowest BCUT2D eigenvalue weighted by molar-refractivity contribution is -0.147. The van der Waals surface area contributed by atoms with Crippen LogP contribution in [0.4, 0.5) is 0 Å². The van der Waals surface area contributed by atoms with E-state index in [1.165, 1.54) is 24.3 Å². The van der Waals surface area contributed by atoms with Gasteiger partial charge in [0.1, 0.15) is 17.8 Å². The van der Waals surface area contributed by atoms with Crippen LogP contribution in [0.2, 0.25) is 0 Å². The van der Waals surface area contributed by atoms with Crippen molar-refractivity contribution in [2.75, 3.05) is 6.54 Å². The maximum absolute atomic E-state index is 12.6. The van der Waals surface area contributed by atoms with E-state index < -0.39 is 73.1 Å². The molecular formula is C19H25N5O9.